The Morgan fingerprint density at radius 3 is 1.91 bits per heavy atom. The first-order valence-electron chi connectivity index (χ1n) is 16.4. The number of aromatic hydroxyl groups is 1. The van der Waals surface area contributed by atoms with Crippen LogP contribution < -0.4 is 0 Å². The Labute approximate surface area is 263 Å². The van der Waals surface area contributed by atoms with Gasteiger partial charge in [0.15, 0.2) is 12.6 Å². The van der Waals surface area contributed by atoms with Crippen LogP contribution in [0.15, 0.2) is 53.4 Å². The molecule has 4 rings (SSSR count). The third-order valence-electron chi connectivity index (χ3n) is 8.68. The fourth-order valence-corrected chi connectivity index (χ4v) is 6.27. The maximum absolute atomic E-state index is 11.0. The predicted octanol–water partition coefficient (Wildman–Crippen LogP) is 7.78. The van der Waals surface area contributed by atoms with E-state index >= 15 is 0 Å². The summed E-state index contributed by atoms with van der Waals surface area (Å²) in [7, 11) is 0. The smallest absolute Gasteiger partial charge is 0.188 e. The van der Waals surface area contributed by atoms with E-state index < -0.39 is 18.7 Å². The Hall–Kier alpha value is -1.65. The van der Waals surface area contributed by atoms with Crippen LogP contribution in [-0.4, -0.2) is 51.9 Å². The molecule has 8 atom stereocenters. The van der Waals surface area contributed by atoms with Crippen molar-refractivity contribution < 1.29 is 34.3 Å². The van der Waals surface area contributed by atoms with Crippen molar-refractivity contribution in [2.24, 2.45) is 0 Å². The van der Waals surface area contributed by atoms with E-state index in [0.29, 0.717) is 18.4 Å². The fraction of sp³-hybridized carbons (Fsp3) is 0.657. The summed E-state index contributed by atoms with van der Waals surface area (Å²) in [6.45, 7) is 4.18. The molecule has 2 aromatic rings. The molecule has 0 aliphatic carbocycles. The fourth-order valence-electron chi connectivity index (χ4n) is 6.12. The number of rotatable bonds is 16. The zero-order chi connectivity index (χ0) is 30.6. The van der Waals surface area contributed by atoms with E-state index in [0.717, 1.165) is 81.1 Å². The van der Waals surface area contributed by atoms with E-state index in [1.54, 1.807) is 12.1 Å². The molecule has 43 heavy (non-hydrogen) atoms. The summed E-state index contributed by atoms with van der Waals surface area (Å²) in [4.78, 5) is 0.896. The second-order valence-electron chi connectivity index (χ2n) is 12.3. The van der Waals surface area contributed by atoms with E-state index in [1.807, 2.05) is 43.3 Å². The second kappa shape index (κ2) is 17.7. The van der Waals surface area contributed by atoms with Gasteiger partial charge >= 0.3 is 0 Å². The highest BCUT2D eigenvalue weighted by molar-refractivity contribution is 7.80. The molecule has 8 heteroatoms. The molecule has 2 saturated heterocycles. The number of hydrogen-bond acceptors (Lipinski definition) is 8. The van der Waals surface area contributed by atoms with Gasteiger partial charge in [0.1, 0.15) is 5.75 Å². The number of ether oxygens (including phenoxy) is 4. The molecule has 2 aliphatic heterocycles. The molecule has 0 spiro atoms. The topological polar surface area (TPSA) is 97.6 Å². The first-order valence-corrected chi connectivity index (χ1v) is 16.8. The van der Waals surface area contributed by atoms with Crippen molar-refractivity contribution in [3.8, 4) is 5.75 Å². The molecular weight excluding hydrogens is 564 g/mol. The molecule has 0 saturated carbocycles. The highest BCUT2D eigenvalue weighted by Gasteiger charge is 2.34. The van der Waals surface area contributed by atoms with E-state index in [4.69, 9.17) is 18.9 Å². The molecule has 0 amide bonds. The van der Waals surface area contributed by atoms with Crippen molar-refractivity contribution in [2.45, 2.75) is 151 Å². The standard InChI is InChI=1S/C35H52O7S/c1-3-5-12-27-23-30(42-35(41-27)32-15-6-7-16-33(32)38)21-26(37)11-9-14-29-22-28(13-8-10-25(36)4-2)39-34(40-29)24-17-19-31(43)20-18-24/h6-7,15-20,25-30,34-38,43H,3-5,8-14,21-23H2,1-2H3. The molecule has 0 radical (unpaired) electrons. The van der Waals surface area contributed by atoms with Crippen molar-refractivity contribution in [1.29, 1.82) is 0 Å². The SMILES string of the molecule is CCCCC1CC(CC(O)CCCC2CC(CCCC(O)CC)OC(c3ccc(S)cc3)O2)OC(c2ccccc2O)O1. The first kappa shape index (κ1) is 34.2. The molecule has 2 heterocycles. The van der Waals surface area contributed by atoms with Crippen LogP contribution in [0.3, 0.4) is 0 Å². The molecule has 240 valence electrons. The summed E-state index contributed by atoms with van der Waals surface area (Å²) in [6, 6.07) is 15.1. The monoisotopic (exact) mass is 616 g/mol. The van der Waals surface area contributed by atoms with Crippen molar-refractivity contribution in [3.05, 3.63) is 59.7 Å². The lowest BCUT2D eigenvalue weighted by atomic mass is 9.95. The minimum absolute atomic E-state index is 0.0333. The van der Waals surface area contributed by atoms with Gasteiger partial charge in [-0.3, -0.25) is 0 Å². The van der Waals surface area contributed by atoms with Gasteiger partial charge in [0, 0.05) is 28.9 Å². The Kier molecular flexibility index (Phi) is 14.1. The maximum Gasteiger partial charge on any atom is 0.188 e. The van der Waals surface area contributed by atoms with Crippen molar-refractivity contribution >= 4 is 12.6 Å². The Bertz CT molecular complexity index is 1070. The van der Waals surface area contributed by atoms with Gasteiger partial charge < -0.3 is 34.3 Å². The van der Waals surface area contributed by atoms with Gasteiger partial charge in [0.2, 0.25) is 0 Å². The summed E-state index contributed by atoms with van der Waals surface area (Å²) < 4.78 is 25.3. The predicted molar refractivity (Wildman–Crippen MR) is 170 cm³/mol. The largest absolute Gasteiger partial charge is 0.507 e. The number of benzene rings is 2. The Balaban J connectivity index is 1.30. The lowest BCUT2D eigenvalue weighted by Gasteiger charge is -2.37. The lowest BCUT2D eigenvalue weighted by Crippen LogP contribution is -2.36. The average Bonchev–Trinajstić information content (AvgIpc) is 3.00. The first-order chi connectivity index (χ1) is 20.8. The van der Waals surface area contributed by atoms with Crippen LogP contribution in [0.5, 0.6) is 5.75 Å². The highest BCUT2D eigenvalue weighted by atomic mass is 32.1. The number of thiol groups is 1. The highest BCUT2D eigenvalue weighted by Crippen LogP contribution is 2.38. The number of para-hydroxylation sites is 1. The van der Waals surface area contributed by atoms with Crippen LogP contribution in [0.4, 0.5) is 0 Å². The second-order valence-corrected chi connectivity index (χ2v) is 12.8. The van der Waals surface area contributed by atoms with Gasteiger partial charge in [0.25, 0.3) is 0 Å². The molecule has 0 bridgehead atoms. The Morgan fingerprint density at radius 1 is 0.721 bits per heavy atom. The van der Waals surface area contributed by atoms with E-state index in [9.17, 15) is 15.3 Å². The van der Waals surface area contributed by atoms with Crippen LogP contribution in [0.2, 0.25) is 0 Å². The third-order valence-corrected chi connectivity index (χ3v) is 8.98. The van der Waals surface area contributed by atoms with Crippen LogP contribution in [-0.2, 0) is 18.9 Å². The minimum atomic E-state index is -0.631. The quantitative estimate of drug-likeness (QED) is 0.143. The average molecular weight is 617 g/mol. The summed E-state index contributed by atoms with van der Waals surface area (Å²) in [5.74, 6) is 0.166. The van der Waals surface area contributed by atoms with E-state index in [1.165, 1.54) is 0 Å². The molecule has 8 unspecified atom stereocenters. The normalized spacial score (nSPS) is 27.6. The van der Waals surface area contributed by atoms with Crippen LogP contribution in [0, 0.1) is 0 Å². The number of unbranched alkanes of at least 4 members (excludes halogenated alkanes) is 1. The summed E-state index contributed by atoms with van der Waals surface area (Å²) in [5.41, 5.74) is 1.62. The maximum atomic E-state index is 11.0. The number of phenolic OH excluding ortho intramolecular Hbond substituents is 1. The van der Waals surface area contributed by atoms with Gasteiger partial charge in [-0.2, -0.15) is 0 Å². The molecule has 2 aliphatic rings. The van der Waals surface area contributed by atoms with Gasteiger partial charge in [-0.05, 0) is 76.0 Å². The van der Waals surface area contributed by atoms with Crippen molar-refractivity contribution in [1.82, 2.24) is 0 Å². The van der Waals surface area contributed by atoms with Gasteiger partial charge in [-0.25, -0.2) is 0 Å². The summed E-state index contributed by atoms with van der Waals surface area (Å²) >= 11 is 4.41. The molecule has 3 N–H and O–H groups in total. The summed E-state index contributed by atoms with van der Waals surface area (Å²) in [6.07, 6.45) is 9.05. The van der Waals surface area contributed by atoms with Crippen LogP contribution in [0.1, 0.15) is 121 Å². The van der Waals surface area contributed by atoms with E-state index in [2.05, 4.69) is 19.6 Å². The number of phenols is 1. The molecule has 2 fully saturated rings. The molecule has 2 aromatic carbocycles. The Morgan fingerprint density at radius 2 is 1.28 bits per heavy atom. The van der Waals surface area contributed by atoms with Gasteiger partial charge in [0.05, 0.1) is 36.6 Å². The zero-order valence-electron chi connectivity index (χ0n) is 25.9. The van der Waals surface area contributed by atoms with Crippen molar-refractivity contribution in [3.63, 3.8) is 0 Å². The molecule has 0 aromatic heterocycles. The summed E-state index contributed by atoms with van der Waals surface area (Å²) in [5, 5.41) is 31.4. The zero-order valence-corrected chi connectivity index (χ0v) is 26.7. The molecule has 7 nitrogen and oxygen atoms in total. The van der Waals surface area contributed by atoms with Crippen molar-refractivity contribution in [2.75, 3.05) is 0 Å². The third kappa shape index (κ3) is 11.0. The van der Waals surface area contributed by atoms with E-state index in [-0.39, 0.29) is 36.3 Å². The molecular formula is C35H52O7S. The minimum Gasteiger partial charge on any atom is -0.507 e. The van der Waals surface area contributed by atoms with Crippen LogP contribution in [0.25, 0.3) is 0 Å². The van der Waals surface area contributed by atoms with Gasteiger partial charge in [-0.15, -0.1) is 12.6 Å². The number of hydrogen-bond donors (Lipinski definition) is 4. The number of aliphatic hydroxyl groups excluding tert-OH is 2. The van der Waals surface area contributed by atoms with Crippen LogP contribution >= 0.6 is 12.6 Å². The number of aliphatic hydroxyl groups is 2. The van der Waals surface area contributed by atoms with Gasteiger partial charge in [-0.1, -0.05) is 57.0 Å². The lowest BCUT2D eigenvalue weighted by molar-refractivity contribution is -0.254.